The molecule has 0 aliphatic carbocycles. The lowest BCUT2D eigenvalue weighted by atomic mass is 10.2. The molecule has 0 saturated carbocycles. The molecule has 1 aliphatic heterocycles. The maximum Gasteiger partial charge on any atom is 0.219 e. The third kappa shape index (κ3) is 3.76. The van der Waals surface area contributed by atoms with Crippen molar-refractivity contribution in [2.75, 3.05) is 36.4 Å². The van der Waals surface area contributed by atoms with Crippen molar-refractivity contribution in [1.82, 2.24) is 14.9 Å². The summed E-state index contributed by atoms with van der Waals surface area (Å²) < 4.78 is 0. The van der Waals surface area contributed by atoms with Crippen molar-refractivity contribution >= 4 is 34.8 Å². The normalized spacial score (nSPS) is 14.6. The van der Waals surface area contributed by atoms with E-state index in [1.54, 1.807) is 13.3 Å². The number of nitrogens with one attached hydrogen (secondary N) is 1. The van der Waals surface area contributed by atoms with Gasteiger partial charge in [-0.25, -0.2) is 9.97 Å². The number of aryl methyl sites for hydroxylation is 1. The molecule has 2 heterocycles. The van der Waals surface area contributed by atoms with E-state index in [4.69, 9.17) is 11.6 Å². The number of anilines is 3. The van der Waals surface area contributed by atoms with E-state index in [1.807, 2.05) is 36.1 Å². The summed E-state index contributed by atoms with van der Waals surface area (Å²) in [4.78, 5) is 24.1. The number of nitrogens with zero attached hydrogens (tertiary/aromatic N) is 4. The highest BCUT2D eigenvalue weighted by Gasteiger charge is 2.19. The lowest BCUT2D eigenvalue weighted by molar-refractivity contribution is -0.129. The van der Waals surface area contributed by atoms with E-state index < -0.39 is 0 Å². The minimum atomic E-state index is 0.123. The second-order valence-electron chi connectivity index (χ2n) is 5.84. The smallest absolute Gasteiger partial charge is 0.219 e. The average molecular weight is 346 g/mol. The standard InChI is InChI=1S/C17H20ClN5O/c1-12-9-14(18)3-4-15(12)21-16-10-17(20-11-19-16)23-7-5-22(6-8-23)13(2)24/h3-4,9-11H,5-8H2,1-2H3,(H,19,20,21). The first-order valence-electron chi connectivity index (χ1n) is 7.88. The number of halogens is 1. The highest BCUT2D eigenvalue weighted by molar-refractivity contribution is 6.30. The van der Waals surface area contributed by atoms with Gasteiger partial charge in [-0.15, -0.1) is 0 Å². The fourth-order valence-electron chi connectivity index (χ4n) is 2.74. The van der Waals surface area contributed by atoms with Gasteiger partial charge in [-0.2, -0.15) is 0 Å². The number of piperazine rings is 1. The summed E-state index contributed by atoms with van der Waals surface area (Å²) in [7, 11) is 0. The van der Waals surface area contributed by atoms with E-state index in [0.29, 0.717) is 5.02 Å². The number of carbonyl (C=O) groups excluding carboxylic acids is 1. The van der Waals surface area contributed by atoms with Crippen molar-refractivity contribution in [2.45, 2.75) is 13.8 Å². The third-order valence-corrected chi connectivity index (χ3v) is 4.39. The van der Waals surface area contributed by atoms with Crippen LogP contribution in [0.3, 0.4) is 0 Å². The summed E-state index contributed by atoms with van der Waals surface area (Å²) in [6, 6.07) is 7.62. The number of rotatable bonds is 3. The molecule has 24 heavy (non-hydrogen) atoms. The monoisotopic (exact) mass is 345 g/mol. The zero-order valence-electron chi connectivity index (χ0n) is 13.8. The Morgan fingerprint density at radius 1 is 1.17 bits per heavy atom. The van der Waals surface area contributed by atoms with E-state index in [1.165, 1.54) is 0 Å². The molecule has 2 aromatic rings. The van der Waals surface area contributed by atoms with E-state index in [2.05, 4.69) is 20.2 Å². The van der Waals surface area contributed by atoms with E-state index in [9.17, 15) is 4.79 Å². The second kappa shape index (κ2) is 7.05. The van der Waals surface area contributed by atoms with E-state index >= 15 is 0 Å². The Morgan fingerprint density at radius 3 is 2.58 bits per heavy atom. The van der Waals surface area contributed by atoms with Crippen LogP contribution in [-0.4, -0.2) is 47.0 Å². The molecule has 1 amide bonds. The Kier molecular flexibility index (Phi) is 4.85. The van der Waals surface area contributed by atoms with Crippen LogP contribution in [0.2, 0.25) is 5.02 Å². The van der Waals surface area contributed by atoms with Gasteiger partial charge in [-0.1, -0.05) is 11.6 Å². The van der Waals surface area contributed by atoms with Gasteiger partial charge >= 0.3 is 0 Å². The van der Waals surface area contributed by atoms with Crippen molar-refractivity contribution in [1.29, 1.82) is 0 Å². The van der Waals surface area contributed by atoms with Crippen LogP contribution in [0.25, 0.3) is 0 Å². The van der Waals surface area contributed by atoms with Crippen LogP contribution in [0, 0.1) is 6.92 Å². The number of aromatic nitrogens is 2. The topological polar surface area (TPSA) is 61.4 Å². The lowest BCUT2D eigenvalue weighted by Crippen LogP contribution is -2.48. The van der Waals surface area contributed by atoms with Crippen LogP contribution in [0.1, 0.15) is 12.5 Å². The Bertz CT molecular complexity index is 744. The summed E-state index contributed by atoms with van der Waals surface area (Å²) in [5.41, 5.74) is 2.02. The van der Waals surface area contributed by atoms with Gasteiger partial charge in [0.25, 0.3) is 0 Å². The van der Waals surface area contributed by atoms with E-state index in [-0.39, 0.29) is 5.91 Å². The maximum absolute atomic E-state index is 11.4. The maximum atomic E-state index is 11.4. The molecule has 1 aromatic heterocycles. The van der Waals surface area contributed by atoms with Crippen LogP contribution in [0.4, 0.5) is 17.3 Å². The van der Waals surface area contributed by atoms with Gasteiger partial charge in [0.2, 0.25) is 5.91 Å². The minimum absolute atomic E-state index is 0.123. The van der Waals surface area contributed by atoms with Crippen LogP contribution in [0.15, 0.2) is 30.6 Å². The predicted octanol–water partition coefficient (Wildman–Crippen LogP) is 2.85. The number of amides is 1. The van der Waals surface area contributed by atoms with Crippen LogP contribution in [-0.2, 0) is 4.79 Å². The van der Waals surface area contributed by atoms with E-state index in [0.717, 1.165) is 49.1 Å². The number of hydrogen-bond donors (Lipinski definition) is 1. The Labute approximate surface area is 146 Å². The summed E-state index contributed by atoms with van der Waals surface area (Å²) in [6.45, 7) is 6.59. The molecule has 1 fully saturated rings. The first kappa shape index (κ1) is 16.5. The van der Waals surface area contributed by atoms with Crippen molar-refractivity contribution in [3.63, 3.8) is 0 Å². The lowest BCUT2D eigenvalue weighted by Gasteiger charge is -2.34. The van der Waals surface area contributed by atoms with Gasteiger partial charge < -0.3 is 15.1 Å². The minimum Gasteiger partial charge on any atom is -0.353 e. The fraction of sp³-hybridized carbons (Fsp3) is 0.353. The van der Waals surface area contributed by atoms with Gasteiger partial charge in [0.05, 0.1) is 0 Å². The van der Waals surface area contributed by atoms with Gasteiger partial charge in [0, 0.05) is 49.9 Å². The first-order chi connectivity index (χ1) is 11.5. The molecule has 3 rings (SSSR count). The Morgan fingerprint density at radius 2 is 1.92 bits per heavy atom. The molecule has 126 valence electrons. The average Bonchev–Trinajstić information content (AvgIpc) is 2.58. The molecular formula is C17H20ClN5O. The zero-order valence-corrected chi connectivity index (χ0v) is 14.5. The molecular weight excluding hydrogens is 326 g/mol. The van der Waals surface area contributed by atoms with Crippen molar-refractivity contribution in [3.05, 3.63) is 41.2 Å². The Balaban J connectivity index is 1.71. The van der Waals surface area contributed by atoms with Gasteiger partial charge in [0.1, 0.15) is 18.0 Å². The molecule has 1 aromatic carbocycles. The largest absolute Gasteiger partial charge is 0.353 e. The number of hydrogen-bond acceptors (Lipinski definition) is 5. The summed E-state index contributed by atoms with van der Waals surface area (Å²) in [6.07, 6.45) is 1.56. The first-order valence-corrected chi connectivity index (χ1v) is 8.26. The van der Waals surface area contributed by atoms with Crippen molar-refractivity contribution in [2.24, 2.45) is 0 Å². The third-order valence-electron chi connectivity index (χ3n) is 4.15. The number of carbonyl (C=O) groups is 1. The molecule has 0 bridgehead atoms. The molecule has 1 saturated heterocycles. The van der Waals surface area contributed by atoms with Gasteiger partial charge in [-0.3, -0.25) is 4.79 Å². The van der Waals surface area contributed by atoms with Gasteiger partial charge in [0.15, 0.2) is 0 Å². The predicted molar refractivity (Wildman–Crippen MR) is 96.0 cm³/mol. The Hall–Kier alpha value is -2.34. The molecule has 0 radical (unpaired) electrons. The van der Waals surface area contributed by atoms with Crippen LogP contribution >= 0.6 is 11.6 Å². The van der Waals surface area contributed by atoms with Gasteiger partial charge in [-0.05, 0) is 30.7 Å². The zero-order chi connectivity index (χ0) is 17.1. The van der Waals surface area contributed by atoms with Crippen molar-refractivity contribution in [3.8, 4) is 0 Å². The molecule has 1 N–H and O–H groups in total. The SMILES string of the molecule is CC(=O)N1CCN(c2cc(Nc3ccc(Cl)cc3C)ncn2)CC1. The molecule has 6 nitrogen and oxygen atoms in total. The van der Waals surface area contributed by atoms with Crippen LogP contribution in [0.5, 0.6) is 0 Å². The molecule has 0 atom stereocenters. The number of benzene rings is 1. The molecule has 1 aliphatic rings. The van der Waals surface area contributed by atoms with Crippen molar-refractivity contribution < 1.29 is 4.79 Å². The molecule has 0 spiro atoms. The highest BCUT2D eigenvalue weighted by Crippen LogP contribution is 2.24. The molecule has 7 heteroatoms. The summed E-state index contributed by atoms with van der Waals surface area (Å²) in [5.74, 6) is 1.72. The quantitative estimate of drug-likeness (QED) is 0.926. The summed E-state index contributed by atoms with van der Waals surface area (Å²) in [5, 5.41) is 4.02. The second-order valence-corrected chi connectivity index (χ2v) is 6.28. The summed E-state index contributed by atoms with van der Waals surface area (Å²) >= 11 is 5.99. The van der Waals surface area contributed by atoms with Crippen LogP contribution < -0.4 is 10.2 Å². The fourth-order valence-corrected chi connectivity index (χ4v) is 2.97. The molecule has 0 unspecified atom stereocenters. The highest BCUT2D eigenvalue weighted by atomic mass is 35.5.